The quantitative estimate of drug-likeness (QED) is 0.322. The van der Waals surface area contributed by atoms with Gasteiger partial charge in [0.05, 0.1) is 6.42 Å². The molecule has 1 aliphatic rings. The van der Waals surface area contributed by atoms with Crippen LogP contribution in [0.4, 0.5) is 0 Å². The Morgan fingerprint density at radius 1 is 0.892 bits per heavy atom. The smallest absolute Gasteiger partial charge is 0.243 e. The fourth-order valence-electron chi connectivity index (χ4n) is 5.05. The van der Waals surface area contributed by atoms with Gasteiger partial charge in [0.1, 0.15) is 6.04 Å². The van der Waals surface area contributed by atoms with Crippen molar-refractivity contribution in [2.75, 3.05) is 0 Å². The van der Waals surface area contributed by atoms with Gasteiger partial charge in [-0.3, -0.25) is 9.59 Å². The number of halogens is 2. The highest BCUT2D eigenvalue weighted by atomic mass is 35.5. The van der Waals surface area contributed by atoms with Crippen LogP contribution in [0.1, 0.15) is 54.4 Å². The molecule has 0 radical (unpaired) electrons. The van der Waals surface area contributed by atoms with Crippen molar-refractivity contribution >= 4 is 35.0 Å². The van der Waals surface area contributed by atoms with Crippen molar-refractivity contribution in [2.45, 2.75) is 70.5 Å². The van der Waals surface area contributed by atoms with Gasteiger partial charge in [-0.1, -0.05) is 109 Å². The highest BCUT2D eigenvalue weighted by Gasteiger charge is 2.32. The molecular formula is C31H34Cl2N2O2. The summed E-state index contributed by atoms with van der Waals surface area (Å²) in [7, 11) is 0. The molecule has 3 aromatic carbocycles. The second-order valence-corrected chi connectivity index (χ2v) is 10.8. The zero-order valence-corrected chi connectivity index (χ0v) is 22.8. The van der Waals surface area contributed by atoms with Crippen molar-refractivity contribution < 1.29 is 9.59 Å². The normalized spacial score (nSPS) is 14.7. The number of benzene rings is 3. The summed E-state index contributed by atoms with van der Waals surface area (Å²) in [6, 6.07) is 22.5. The van der Waals surface area contributed by atoms with Crippen LogP contribution in [-0.2, 0) is 29.0 Å². The van der Waals surface area contributed by atoms with E-state index in [1.165, 1.54) is 6.42 Å². The van der Waals surface area contributed by atoms with Crippen LogP contribution < -0.4 is 5.32 Å². The molecule has 0 aromatic heterocycles. The Balaban J connectivity index is 1.69. The van der Waals surface area contributed by atoms with Crippen molar-refractivity contribution in [3.05, 3.63) is 105 Å². The summed E-state index contributed by atoms with van der Waals surface area (Å²) in [6.45, 7) is 2.16. The first-order valence-corrected chi connectivity index (χ1v) is 13.8. The zero-order valence-electron chi connectivity index (χ0n) is 21.3. The molecule has 0 saturated heterocycles. The van der Waals surface area contributed by atoms with Gasteiger partial charge >= 0.3 is 0 Å². The number of carbonyl (C=O) groups excluding carboxylic acids is 2. The van der Waals surface area contributed by atoms with Crippen molar-refractivity contribution in [1.29, 1.82) is 0 Å². The van der Waals surface area contributed by atoms with Crippen LogP contribution in [0.2, 0.25) is 10.0 Å². The Labute approximate surface area is 230 Å². The number of amides is 2. The van der Waals surface area contributed by atoms with E-state index in [1.54, 1.807) is 23.1 Å². The van der Waals surface area contributed by atoms with E-state index in [0.717, 1.165) is 42.4 Å². The second-order valence-electron chi connectivity index (χ2n) is 9.94. The molecule has 194 valence electrons. The highest BCUT2D eigenvalue weighted by molar-refractivity contribution is 6.36. The van der Waals surface area contributed by atoms with E-state index in [1.807, 2.05) is 61.5 Å². The van der Waals surface area contributed by atoms with E-state index >= 15 is 0 Å². The van der Waals surface area contributed by atoms with E-state index in [0.29, 0.717) is 22.0 Å². The van der Waals surface area contributed by atoms with Gasteiger partial charge in [-0.2, -0.15) is 0 Å². The van der Waals surface area contributed by atoms with Crippen LogP contribution in [0.15, 0.2) is 72.8 Å². The molecule has 0 aliphatic heterocycles. The average Bonchev–Trinajstić information content (AvgIpc) is 2.88. The summed E-state index contributed by atoms with van der Waals surface area (Å²) < 4.78 is 0. The van der Waals surface area contributed by atoms with Crippen molar-refractivity contribution in [3.63, 3.8) is 0 Å². The van der Waals surface area contributed by atoms with Crippen LogP contribution in [0.25, 0.3) is 0 Å². The van der Waals surface area contributed by atoms with Crippen LogP contribution in [-0.4, -0.2) is 28.8 Å². The lowest BCUT2D eigenvalue weighted by Crippen LogP contribution is -2.53. The third-order valence-corrected chi connectivity index (χ3v) is 7.76. The molecule has 3 aromatic rings. The number of nitrogens with zero attached hydrogens (tertiary/aromatic N) is 1. The molecule has 1 N–H and O–H groups in total. The first-order valence-electron chi connectivity index (χ1n) is 13.0. The van der Waals surface area contributed by atoms with Crippen LogP contribution in [0, 0.1) is 6.92 Å². The van der Waals surface area contributed by atoms with Gasteiger partial charge in [0.15, 0.2) is 0 Å². The van der Waals surface area contributed by atoms with Gasteiger partial charge in [0.25, 0.3) is 0 Å². The van der Waals surface area contributed by atoms with Gasteiger partial charge in [-0.15, -0.1) is 0 Å². The molecule has 1 saturated carbocycles. The fourth-order valence-corrected chi connectivity index (χ4v) is 5.57. The molecule has 1 unspecified atom stereocenters. The Morgan fingerprint density at radius 3 is 2.22 bits per heavy atom. The molecule has 4 nitrogen and oxygen atoms in total. The van der Waals surface area contributed by atoms with Gasteiger partial charge < -0.3 is 10.2 Å². The first-order chi connectivity index (χ1) is 17.9. The largest absolute Gasteiger partial charge is 0.352 e. The maximum Gasteiger partial charge on any atom is 0.243 e. The molecule has 6 heteroatoms. The minimum atomic E-state index is -0.700. The van der Waals surface area contributed by atoms with E-state index in [4.69, 9.17) is 23.2 Å². The van der Waals surface area contributed by atoms with Gasteiger partial charge in [-0.25, -0.2) is 0 Å². The summed E-state index contributed by atoms with van der Waals surface area (Å²) in [5.74, 6) is -0.266. The fraction of sp³-hybridized carbons (Fsp3) is 0.355. The van der Waals surface area contributed by atoms with Crippen molar-refractivity contribution in [2.24, 2.45) is 0 Å². The molecule has 1 atom stereocenters. The average molecular weight is 538 g/mol. The molecule has 37 heavy (non-hydrogen) atoms. The lowest BCUT2D eigenvalue weighted by molar-refractivity contribution is -0.141. The van der Waals surface area contributed by atoms with E-state index in [-0.39, 0.29) is 30.8 Å². The number of carbonyl (C=O) groups is 2. The Kier molecular flexibility index (Phi) is 9.65. The molecule has 1 fully saturated rings. The SMILES string of the molecule is Cc1cccc(CC(=O)N(Cc2c(Cl)cccc2Cl)C(Cc2ccccc2)C(=O)NC2CCCCC2)c1. The monoisotopic (exact) mass is 536 g/mol. The molecule has 1 aliphatic carbocycles. The third kappa shape index (κ3) is 7.59. The third-order valence-electron chi connectivity index (χ3n) is 7.05. The molecule has 0 spiro atoms. The standard InChI is InChI=1S/C31H34Cl2N2O2/c1-22-10-8-13-24(18-22)20-30(36)35(21-26-27(32)16-9-17-28(26)33)29(19-23-11-4-2-5-12-23)31(37)34-25-14-6-3-7-15-25/h2,4-5,8-13,16-18,25,29H,3,6-7,14-15,19-21H2,1H3,(H,34,37). The zero-order chi connectivity index (χ0) is 26.2. The van der Waals surface area contributed by atoms with Gasteiger partial charge in [0.2, 0.25) is 11.8 Å². The van der Waals surface area contributed by atoms with Crippen molar-refractivity contribution in [1.82, 2.24) is 10.2 Å². The molecule has 0 heterocycles. The molecule has 4 rings (SSSR count). The predicted octanol–water partition coefficient (Wildman–Crippen LogP) is 6.93. The Morgan fingerprint density at radius 2 is 1.54 bits per heavy atom. The number of aryl methyl sites for hydroxylation is 1. The lowest BCUT2D eigenvalue weighted by Gasteiger charge is -2.34. The van der Waals surface area contributed by atoms with Crippen LogP contribution in [0.3, 0.4) is 0 Å². The number of hydrogen-bond donors (Lipinski definition) is 1. The second kappa shape index (κ2) is 13.1. The van der Waals surface area contributed by atoms with Gasteiger partial charge in [-0.05, 0) is 43.0 Å². The number of hydrogen-bond acceptors (Lipinski definition) is 2. The van der Waals surface area contributed by atoms with Crippen molar-refractivity contribution in [3.8, 4) is 0 Å². The minimum Gasteiger partial charge on any atom is -0.352 e. The Bertz CT molecular complexity index is 1190. The molecule has 2 amide bonds. The topological polar surface area (TPSA) is 49.4 Å². The van der Waals surface area contributed by atoms with Crippen LogP contribution in [0.5, 0.6) is 0 Å². The molecular weight excluding hydrogens is 503 g/mol. The first kappa shape index (κ1) is 27.2. The van der Waals surface area contributed by atoms with Gasteiger partial charge in [0, 0.05) is 34.6 Å². The summed E-state index contributed by atoms with van der Waals surface area (Å²) in [6.07, 6.45) is 5.95. The maximum atomic E-state index is 13.9. The summed E-state index contributed by atoms with van der Waals surface area (Å²) in [5, 5.41) is 4.22. The van der Waals surface area contributed by atoms with E-state index in [9.17, 15) is 9.59 Å². The number of rotatable bonds is 9. The predicted molar refractivity (Wildman–Crippen MR) is 151 cm³/mol. The van der Waals surface area contributed by atoms with Crippen LogP contribution >= 0.6 is 23.2 Å². The maximum absolute atomic E-state index is 13.9. The Hall–Kier alpha value is -2.82. The molecule has 0 bridgehead atoms. The summed E-state index contributed by atoms with van der Waals surface area (Å²) in [4.78, 5) is 29.5. The van der Waals surface area contributed by atoms with E-state index < -0.39 is 6.04 Å². The lowest BCUT2D eigenvalue weighted by atomic mass is 9.94. The number of nitrogens with one attached hydrogen (secondary N) is 1. The summed E-state index contributed by atoms with van der Waals surface area (Å²) in [5.41, 5.74) is 3.63. The highest BCUT2D eigenvalue weighted by Crippen LogP contribution is 2.28. The summed E-state index contributed by atoms with van der Waals surface area (Å²) >= 11 is 13.1. The van der Waals surface area contributed by atoms with E-state index in [2.05, 4.69) is 5.32 Å². The minimum absolute atomic E-state index is 0.128.